The number of amides is 3. The molecule has 0 atom stereocenters. The van der Waals surface area contributed by atoms with Gasteiger partial charge in [-0.2, -0.15) is 0 Å². The zero-order valence-corrected chi connectivity index (χ0v) is 19.1. The number of benzene rings is 2. The number of rotatable bonds is 6. The lowest BCUT2D eigenvalue weighted by atomic mass is 9.95. The van der Waals surface area contributed by atoms with Gasteiger partial charge in [-0.3, -0.25) is 14.4 Å². The third-order valence-electron chi connectivity index (χ3n) is 4.17. The van der Waals surface area contributed by atoms with Gasteiger partial charge in [0, 0.05) is 33.6 Å². The van der Waals surface area contributed by atoms with Crippen LogP contribution in [-0.2, 0) is 9.59 Å². The molecule has 0 saturated heterocycles. The molecule has 7 heteroatoms. The van der Waals surface area contributed by atoms with Crippen LogP contribution in [-0.4, -0.2) is 29.8 Å². The molecule has 0 saturated carbocycles. The third kappa shape index (κ3) is 8.12. The van der Waals surface area contributed by atoms with Crippen LogP contribution in [0.3, 0.4) is 0 Å². The van der Waals surface area contributed by atoms with E-state index in [1.165, 1.54) is 0 Å². The zero-order valence-electron chi connectivity index (χ0n) is 19.1. The number of hydrogen-bond donors (Lipinski definition) is 4. The summed E-state index contributed by atoms with van der Waals surface area (Å²) in [5.74, 6) is -0.469. The molecule has 0 unspecified atom stereocenters. The summed E-state index contributed by atoms with van der Waals surface area (Å²) in [5.41, 5.74) is 1.70. The molecule has 0 heterocycles. The number of carbonyl (C=O) groups is 3. The van der Waals surface area contributed by atoms with Crippen LogP contribution >= 0.6 is 0 Å². The van der Waals surface area contributed by atoms with Crippen molar-refractivity contribution in [3.63, 3.8) is 0 Å². The molecular formula is C24H32N4O3. The van der Waals surface area contributed by atoms with E-state index in [4.69, 9.17) is 0 Å². The summed E-state index contributed by atoms with van der Waals surface area (Å²) in [4.78, 5) is 36.6. The van der Waals surface area contributed by atoms with Crippen LogP contribution in [0.15, 0.2) is 48.5 Å². The Morgan fingerprint density at radius 1 is 0.774 bits per heavy atom. The lowest BCUT2D eigenvalue weighted by Crippen LogP contribution is -2.40. The highest BCUT2D eigenvalue weighted by Crippen LogP contribution is 2.20. The standard InChI is InChI=1S/C24H32N4O3/c1-23(2,3)22(31)27-19-9-7-8-18(14-19)25-15-20(29)26-17-12-10-16(11-13-17)21(30)28-24(4,5)6/h7-14,25H,15H2,1-6H3,(H,26,29)(H,27,31)(H,28,30). The first-order chi connectivity index (χ1) is 14.3. The average molecular weight is 425 g/mol. The van der Waals surface area contributed by atoms with Gasteiger partial charge >= 0.3 is 0 Å². The molecule has 0 aliphatic rings. The summed E-state index contributed by atoms with van der Waals surface area (Å²) in [7, 11) is 0. The lowest BCUT2D eigenvalue weighted by Gasteiger charge is -2.20. The summed E-state index contributed by atoms with van der Waals surface area (Å²) in [6.07, 6.45) is 0. The fraction of sp³-hybridized carbons (Fsp3) is 0.375. The van der Waals surface area contributed by atoms with Gasteiger partial charge in [-0.25, -0.2) is 0 Å². The summed E-state index contributed by atoms with van der Waals surface area (Å²) in [6, 6.07) is 13.9. The van der Waals surface area contributed by atoms with Crippen LogP contribution in [0.5, 0.6) is 0 Å². The van der Waals surface area contributed by atoms with Crippen molar-refractivity contribution in [3.8, 4) is 0 Å². The Morgan fingerprint density at radius 3 is 1.97 bits per heavy atom. The van der Waals surface area contributed by atoms with E-state index in [1.807, 2.05) is 47.6 Å². The number of hydrogen-bond acceptors (Lipinski definition) is 4. The normalized spacial score (nSPS) is 11.4. The van der Waals surface area contributed by atoms with Gasteiger partial charge in [-0.1, -0.05) is 26.8 Å². The molecule has 0 radical (unpaired) electrons. The largest absolute Gasteiger partial charge is 0.376 e. The van der Waals surface area contributed by atoms with Crippen molar-refractivity contribution in [3.05, 3.63) is 54.1 Å². The van der Waals surface area contributed by atoms with E-state index < -0.39 is 5.41 Å². The summed E-state index contributed by atoms with van der Waals surface area (Å²) in [5, 5.41) is 11.6. The molecule has 166 valence electrons. The Morgan fingerprint density at radius 2 is 1.39 bits per heavy atom. The molecule has 0 spiro atoms. The molecule has 3 amide bonds. The van der Waals surface area contributed by atoms with E-state index in [1.54, 1.807) is 42.5 Å². The molecule has 31 heavy (non-hydrogen) atoms. The molecule has 2 aromatic carbocycles. The van der Waals surface area contributed by atoms with E-state index in [0.717, 1.165) is 5.69 Å². The summed E-state index contributed by atoms with van der Waals surface area (Å²) >= 11 is 0. The second kappa shape index (κ2) is 9.64. The topological polar surface area (TPSA) is 99.3 Å². The number of carbonyl (C=O) groups excluding carboxylic acids is 3. The highest BCUT2D eigenvalue weighted by atomic mass is 16.2. The number of nitrogens with one attached hydrogen (secondary N) is 4. The minimum Gasteiger partial charge on any atom is -0.376 e. The Balaban J connectivity index is 1.89. The Kier molecular flexibility index (Phi) is 7.44. The van der Waals surface area contributed by atoms with Gasteiger partial charge in [0.2, 0.25) is 11.8 Å². The van der Waals surface area contributed by atoms with E-state index in [-0.39, 0.29) is 29.8 Å². The van der Waals surface area contributed by atoms with Crippen LogP contribution in [0, 0.1) is 5.41 Å². The predicted molar refractivity (Wildman–Crippen MR) is 125 cm³/mol. The van der Waals surface area contributed by atoms with Crippen LogP contribution in [0.2, 0.25) is 0 Å². The van der Waals surface area contributed by atoms with Crippen molar-refractivity contribution in [2.75, 3.05) is 22.5 Å². The molecule has 0 bridgehead atoms. The van der Waals surface area contributed by atoms with Crippen LogP contribution < -0.4 is 21.3 Å². The zero-order chi connectivity index (χ0) is 23.2. The molecular weight excluding hydrogens is 392 g/mol. The maximum Gasteiger partial charge on any atom is 0.251 e. The Bertz CT molecular complexity index is 939. The van der Waals surface area contributed by atoms with E-state index in [2.05, 4.69) is 21.3 Å². The molecule has 0 fully saturated rings. The van der Waals surface area contributed by atoms with Crippen molar-refractivity contribution >= 4 is 34.8 Å². The number of anilines is 3. The van der Waals surface area contributed by atoms with Crippen molar-refractivity contribution in [2.45, 2.75) is 47.1 Å². The van der Waals surface area contributed by atoms with Crippen molar-refractivity contribution in [2.24, 2.45) is 5.41 Å². The van der Waals surface area contributed by atoms with Gasteiger partial charge in [0.05, 0.1) is 6.54 Å². The van der Waals surface area contributed by atoms with Crippen molar-refractivity contribution in [1.29, 1.82) is 0 Å². The van der Waals surface area contributed by atoms with Gasteiger partial charge in [0.1, 0.15) is 0 Å². The Labute approximate surface area is 184 Å². The van der Waals surface area contributed by atoms with Crippen molar-refractivity contribution in [1.82, 2.24) is 5.32 Å². The fourth-order valence-corrected chi connectivity index (χ4v) is 2.53. The highest BCUT2D eigenvalue weighted by Gasteiger charge is 2.21. The molecule has 2 rings (SSSR count). The maximum absolute atomic E-state index is 12.3. The van der Waals surface area contributed by atoms with Gasteiger partial charge in [0.25, 0.3) is 5.91 Å². The van der Waals surface area contributed by atoms with Gasteiger partial charge in [-0.05, 0) is 63.2 Å². The molecule has 0 aliphatic carbocycles. The van der Waals surface area contributed by atoms with E-state index in [9.17, 15) is 14.4 Å². The monoisotopic (exact) mass is 424 g/mol. The maximum atomic E-state index is 12.3. The molecule has 0 aliphatic heterocycles. The highest BCUT2D eigenvalue weighted by molar-refractivity contribution is 5.97. The molecule has 7 nitrogen and oxygen atoms in total. The van der Waals surface area contributed by atoms with Crippen LogP contribution in [0.25, 0.3) is 0 Å². The van der Waals surface area contributed by atoms with Gasteiger partial charge in [-0.15, -0.1) is 0 Å². The van der Waals surface area contributed by atoms with Gasteiger partial charge < -0.3 is 21.3 Å². The first-order valence-corrected chi connectivity index (χ1v) is 10.2. The Hall–Kier alpha value is -3.35. The summed E-state index contributed by atoms with van der Waals surface area (Å²) in [6.45, 7) is 11.3. The fourth-order valence-electron chi connectivity index (χ4n) is 2.53. The first kappa shape index (κ1) is 23.9. The second-order valence-corrected chi connectivity index (χ2v) is 9.47. The third-order valence-corrected chi connectivity index (χ3v) is 4.17. The lowest BCUT2D eigenvalue weighted by molar-refractivity contribution is -0.123. The first-order valence-electron chi connectivity index (χ1n) is 10.2. The molecule has 0 aromatic heterocycles. The minimum atomic E-state index is -0.494. The van der Waals surface area contributed by atoms with Crippen molar-refractivity contribution < 1.29 is 14.4 Å². The quantitative estimate of drug-likeness (QED) is 0.557. The van der Waals surface area contributed by atoms with E-state index >= 15 is 0 Å². The second-order valence-electron chi connectivity index (χ2n) is 9.47. The summed E-state index contributed by atoms with van der Waals surface area (Å²) < 4.78 is 0. The predicted octanol–water partition coefficient (Wildman–Crippen LogP) is 4.25. The smallest absolute Gasteiger partial charge is 0.251 e. The molecule has 4 N–H and O–H groups in total. The van der Waals surface area contributed by atoms with Crippen LogP contribution in [0.1, 0.15) is 51.9 Å². The SMILES string of the molecule is CC(C)(C)NC(=O)c1ccc(NC(=O)CNc2cccc(NC(=O)C(C)(C)C)c2)cc1. The molecule has 2 aromatic rings. The minimum absolute atomic E-state index is 0.0585. The average Bonchev–Trinajstić information content (AvgIpc) is 2.65. The van der Waals surface area contributed by atoms with Crippen LogP contribution in [0.4, 0.5) is 17.1 Å². The van der Waals surface area contributed by atoms with E-state index in [0.29, 0.717) is 16.9 Å². The van der Waals surface area contributed by atoms with Gasteiger partial charge in [0.15, 0.2) is 0 Å².